The van der Waals surface area contributed by atoms with Crippen molar-refractivity contribution < 1.29 is 24.2 Å². The Morgan fingerprint density at radius 2 is 2.29 bits per heavy atom. The van der Waals surface area contributed by atoms with E-state index in [4.69, 9.17) is 9.47 Å². The van der Waals surface area contributed by atoms with Gasteiger partial charge in [-0.3, -0.25) is 9.69 Å². The van der Waals surface area contributed by atoms with Gasteiger partial charge >= 0.3 is 5.97 Å². The van der Waals surface area contributed by atoms with Gasteiger partial charge in [0.1, 0.15) is 12.7 Å². The van der Waals surface area contributed by atoms with E-state index < -0.39 is 5.97 Å². The van der Waals surface area contributed by atoms with Crippen LogP contribution >= 0.6 is 0 Å². The number of hydrogen-bond donors (Lipinski definition) is 1. The maximum atomic E-state index is 11.5. The number of hydrogen-bond acceptors (Lipinski definition) is 4. The number of aliphatic carboxylic acids is 1. The molecule has 0 bridgehead atoms. The maximum Gasteiger partial charge on any atom is 0.356 e. The van der Waals surface area contributed by atoms with E-state index in [1.807, 2.05) is 0 Å². The highest BCUT2D eigenvalue weighted by atomic mass is 16.5. The molecule has 92 valence electrons. The molecule has 3 aliphatic rings. The summed E-state index contributed by atoms with van der Waals surface area (Å²) in [7, 11) is 0. The Morgan fingerprint density at radius 3 is 2.88 bits per heavy atom. The Labute approximate surface area is 97.8 Å². The van der Waals surface area contributed by atoms with Crippen LogP contribution in [0.4, 0.5) is 0 Å². The minimum Gasteiger partial charge on any atom is -0.491 e. The molecule has 2 unspecified atom stereocenters. The smallest absolute Gasteiger partial charge is 0.356 e. The van der Waals surface area contributed by atoms with Crippen molar-refractivity contribution >= 4 is 11.9 Å². The standard InChI is InChI=1S/C11H13NO5/c13-8-4-6-5-17-10(7-2-1-3-16-7)9(11(14)15)12(6)8/h6-7H,1-5H2,(H,14,15). The van der Waals surface area contributed by atoms with Gasteiger partial charge < -0.3 is 14.6 Å². The summed E-state index contributed by atoms with van der Waals surface area (Å²) in [6.07, 6.45) is 1.70. The normalized spacial score (nSPS) is 32.0. The molecule has 0 saturated carbocycles. The topological polar surface area (TPSA) is 76.1 Å². The molecule has 2 fully saturated rings. The van der Waals surface area contributed by atoms with Crippen LogP contribution in [-0.4, -0.2) is 47.2 Å². The van der Waals surface area contributed by atoms with Crippen LogP contribution in [0.1, 0.15) is 19.3 Å². The molecule has 17 heavy (non-hydrogen) atoms. The van der Waals surface area contributed by atoms with Crippen molar-refractivity contribution in [1.82, 2.24) is 4.90 Å². The number of carboxylic acid groups (broad SMARTS) is 1. The van der Waals surface area contributed by atoms with Crippen molar-refractivity contribution in [3.63, 3.8) is 0 Å². The zero-order valence-corrected chi connectivity index (χ0v) is 9.22. The number of β-lactam (4-membered cyclic amide) rings is 1. The number of ether oxygens (including phenoxy) is 2. The Kier molecular flexibility index (Phi) is 2.32. The van der Waals surface area contributed by atoms with Crippen LogP contribution in [0.15, 0.2) is 11.5 Å². The molecule has 0 aromatic carbocycles. The SMILES string of the molecule is O=C(O)C1=C(C2CCCO2)OCC2CC(=O)N12. The van der Waals surface area contributed by atoms with Gasteiger partial charge in [0.15, 0.2) is 11.5 Å². The number of carbonyl (C=O) groups is 2. The first-order valence-corrected chi connectivity index (χ1v) is 5.72. The highest BCUT2D eigenvalue weighted by Crippen LogP contribution is 2.35. The van der Waals surface area contributed by atoms with Crippen LogP contribution in [0.3, 0.4) is 0 Å². The molecule has 6 nitrogen and oxygen atoms in total. The first-order chi connectivity index (χ1) is 8.18. The zero-order valence-electron chi connectivity index (χ0n) is 9.22. The average Bonchev–Trinajstić information content (AvgIpc) is 2.79. The highest BCUT2D eigenvalue weighted by Gasteiger charge is 2.47. The molecular formula is C11H13NO5. The molecule has 6 heteroatoms. The predicted octanol–water partition coefficient (Wildman–Crippen LogP) is 0.0927. The van der Waals surface area contributed by atoms with E-state index in [0.717, 1.165) is 12.8 Å². The van der Waals surface area contributed by atoms with Gasteiger partial charge in [0.2, 0.25) is 5.91 Å². The van der Waals surface area contributed by atoms with Crippen molar-refractivity contribution in [3.05, 3.63) is 11.5 Å². The van der Waals surface area contributed by atoms with E-state index in [9.17, 15) is 14.7 Å². The summed E-state index contributed by atoms with van der Waals surface area (Å²) in [5, 5.41) is 9.22. The maximum absolute atomic E-state index is 11.5. The number of nitrogens with zero attached hydrogens (tertiary/aromatic N) is 1. The monoisotopic (exact) mass is 239 g/mol. The van der Waals surface area contributed by atoms with Crippen LogP contribution in [0.25, 0.3) is 0 Å². The zero-order chi connectivity index (χ0) is 12.0. The number of amides is 1. The van der Waals surface area contributed by atoms with Gasteiger partial charge in [0.05, 0.1) is 12.5 Å². The molecular weight excluding hydrogens is 226 g/mol. The fraction of sp³-hybridized carbons (Fsp3) is 0.636. The van der Waals surface area contributed by atoms with Crippen molar-refractivity contribution in [1.29, 1.82) is 0 Å². The fourth-order valence-electron chi connectivity index (χ4n) is 2.53. The van der Waals surface area contributed by atoms with Crippen molar-refractivity contribution in [3.8, 4) is 0 Å². The third kappa shape index (κ3) is 1.51. The molecule has 2 saturated heterocycles. The summed E-state index contributed by atoms with van der Waals surface area (Å²) in [4.78, 5) is 24.1. The first-order valence-electron chi connectivity index (χ1n) is 5.72. The summed E-state index contributed by atoms with van der Waals surface area (Å²) < 4.78 is 10.9. The quantitative estimate of drug-likeness (QED) is 0.691. The van der Waals surface area contributed by atoms with E-state index in [2.05, 4.69) is 0 Å². The first kappa shape index (κ1) is 10.6. The number of fused-ring (bicyclic) bond motifs is 1. The van der Waals surface area contributed by atoms with Crippen molar-refractivity contribution in [2.75, 3.05) is 13.2 Å². The van der Waals surface area contributed by atoms with Gasteiger partial charge in [0, 0.05) is 6.61 Å². The van der Waals surface area contributed by atoms with Crippen LogP contribution in [-0.2, 0) is 19.1 Å². The van der Waals surface area contributed by atoms with E-state index in [1.165, 1.54) is 4.90 Å². The van der Waals surface area contributed by atoms with Gasteiger partial charge in [0.25, 0.3) is 0 Å². The van der Waals surface area contributed by atoms with Crippen molar-refractivity contribution in [2.45, 2.75) is 31.4 Å². The molecule has 3 heterocycles. The second-order valence-corrected chi connectivity index (χ2v) is 4.45. The molecule has 1 N–H and O–H groups in total. The Morgan fingerprint density at radius 1 is 1.47 bits per heavy atom. The number of carbonyl (C=O) groups excluding carboxylic acids is 1. The van der Waals surface area contributed by atoms with Gasteiger partial charge in [-0.15, -0.1) is 0 Å². The molecule has 0 aromatic rings. The van der Waals surface area contributed by atoms with Gasteiger partial charge in [-0.25, -0.2) is 4.79 Å². The second kappa shape index (κ2) is 3.73. The summed E-state index contributed by atoms with van der Waals surface area (Å²) >= 11 is 0. The lowest BCUT2D eigenvalue weighted by atomic mass is 9.98. The van der Waals surface area contributed by atoms with Crippen LogP contribution in [0.2, 0.25) is 0 Å². The third-order valence-electron chi connectivity index (χ3n) is 3.37. The molecule has 0 aliphatic carbocycles. The average molecular weight is 239 g/mol. The van der Waals surface area contributed by atoms with Crippen molar-refractivity contribution in [2.24, 2.45) is 0 Å². The Balaban J connectivity index is 1.97. The van der Waals surface area contributed by atoms with E-state index >= 15 is 0 Å². The van der Waals surface area contributed by atoms with Crippen LogP contribution in [0, 0.1) is 0 Å². The van der Waals surface area contributed by atoms with Crippen LogP contribution < -0.4 is 0 Å². The molecule has 3 aliphatic heterocycles. The molecule has 0 aromatic heterocycles. The molecule has 0 spiro atoms. The lowest BCUT2D eigenvalue weighted by Gasteiger charge is -2.44. The molecule has 2 atom stereocenters. The lowest BCUT2D eigenvalue weighted by Crippen LogP contribution is -2.58. The molecule has 1 amide bonds. The highest BCUT2D eigenvalue weighted by molar-refractivity contribution is 5.97. The summed E-state index contributed by atoms with van der Waals surface area (Å²) in [6, 6.07) is -0.112. The minimum atomic E-state index is -1.12. The summed E-state index contributed by atoms with van der Waals surface area (Å²) in [5.41, 5.74) is -0.0237. The lowest BCUT2D eigenvalue weighted by molar-refractivity contribution is -0.155. The number of rotatable bonds is 2. The largest absolute Gasteiger partial charge is 0.491 e. The van der Waals surface area contributed by atoms with Crippen LogP contribution in [0.5, 0.6) is 0 Å². The summed E-state index contributed by atoms with van der Waals surface area (Å²) in [5.74, 6) is -0.946. The predicted molar refractivity (Wildman–Crippen MR) is 54.8 cm³/mol. The molecule has 0 radical (unpaired) electrons. The summed E-state index contributed by atoms with van der Waals surface area (Å²) in [6.45, 7) is 0.986. The van der Waals surface area contributed by atoms with E-state index in [-0.39, 0.29) is 23.8 Å². The minimum absolute atomic E-state index is 0.0237. The van der Waals surface area contributed by atoms with Gasteiger partial charge in [-0.1, -0.05) is 0 Å². The second-order valence-electron chi connectivity index (χ2n) is 4.45. The van der Waals surface area contributed by atoms with E-state index in [1.54, 1.807) is 0 Å². The Bertz CT molecular complexity index is 410. The van der Waals surface area contributed by atoms with Gasteiger partial charge in [-0.2, -0.15) is 0 Å². The third-order valence-corrected chi connectivity index (χ3v) is 3.37. The Hall–Kier alpha value is -1.56. The van der Waals surface area contributed by atoms with Gasteiger partial charge in [-0.05, 0) is 12.8 Å². The number of carboxylic acids is 1. The fourth-order valence-corrected chi connectivity index (χ4v) is 2.53. The molecule has 3 rings (SSSR count). The van der Waals surface area contributed by atoms with E-state index in [0.29, 0.717) is 25.4 Å².